The van der Waals surface area contributed by atoms with E-state index in [0.717, 1.165) is 37.7 Å². The van der Waals surface area contributed by atoms with Gasteiger partial charge >= 0.3 is 0 Å². The predicted molar refractivity (Wildman–Crippen MR) is 120 cm³/mol. The van der Waals surface area contributed by atoms with Gasteiger partial charge in [-0.2, -0.15) is 9.29 Å². The quantitative estimate of drug-likeness (QED) is 0.573. The van der Waals surface area contributed by atoms with Crippen LogP contribution in [-0.4, -0.2) is 34.8 Å². The van der Waals surface area contributed by atoms with E-state index in [0.29, 0.717) is 11.5 Å². The van der Waals surface area contributed by atoms with Crippen molar-refractivity contribution < 1.29 is 17.7 Å². The highest BCUT2D eigenvalue weighted by Gasteiger charge is 2.34. The van der Waals surface area contributed by atoms with Crippen LogP contribution in [0.15, 0.2) is 64.0 Å². The number of anilines is 1. The number of nitrogens with one attached hydrogen (secondary N) is 1. The van der Waals surface area contributed by atoms with Crippen molar-refractivity contribution in [2.75, 3.05) is 5.32 Å². The largest absolute Gasteiger partial charge is 0.338 e. The summed E-state index contributed by atoms with van der Waals surface area (Å²) in [6.45, 7) is 1.42. The van der Waals surface area contributed by atoms with Gasteiger partial charge in [-0.05, 0) is 37.1 Å². The van der Waals surface area contributed by atoms with Crippen LogP contribution >= 0.6 is 0 Å². The van der Waals surface area contributed by atoms with Crippen LogP contribution in [-0.2, 0) is 21.4 Å². The van der Waals surface area contributed by atoms with E-state index < -0.39 is 10.0 Å². The lowest BCUT2D eigenvalue weighted by Gasteiger charge is -2.32. The van der Waals surface area contributed by atoms with Crippen molar-refractivity contribution in [1.29, 1.82) is 0 Å². The Hall–Kier alpha value is -3.04. The third kappa shape index (κ3) is 5.05. The molecule has 1 aliphatic rings. The summed E-state index contributed by atoms with van der Waals surface area (Å²) in [6, 6.07) is 15.5. The van der Waals surface area contributed by atoms with Crippen molar-refractivity contribution >= 4 is 21.6 Å². The average Bonchev–Trinajstić information content (AvgIpc) is 3.27. The Morgan fingerprint density at radius 2 is 1.75 bits per heavy atom. The molecule has 1 N–H and O–H groups in total. The summed E-state index contributed by atoms with van der Waals surface area (Å²) in [5.74, 6) is 0.476. The summed E-state index contributed by atoms with van der Waals surface area (Å²) in [5.41, 5.74) is 1.35. The molecule has 168 valence electrons. The molecule has 9 heteroatoms. The first-order chi connectivity index (χ1) is 15.4. The van der Waals surface area contributed by atoms with Crippen LogP contribution in [0.25, 0.3) is 11.4 Å². The van der Waals surface area contributed by atoms with Gasteiger partial charge in [-0.15, -0.1) is 0 Å². The van der Waals surface area contributed by atoms with E-state index in [1.54, 1.807) is 12.1 Å². The Morgan fingerprint density at radius 3 is 2.41 bits per heavy atom. The van der Waals surface area contributed by atoms with E-state index in [2.05, 4.69) is 15.5 Å². The van der Waals surface area contributed by atoms with Gasteiger partial charge in [-0.25, -0.2) is 8.42 Å². The third-order valence-corrected chi connectivity index (χ3v) is 7.47. The molecule has 0 unspecified atom stereocenters. The number of carbonyl (C=O) groups is 1. The average molecular weight is 455 g/mol. The molecular formula is C23H26N4O4S. The van der Waals surface area contributed by atoms with E-state index in [-0.39, 0.29) is 29.3 Å². The maximum atomic E-state index is 13.6. The lowest BCUT2D eigenvalue weighted by Crippen LogP contribution is -2.41. The first-order valence-corrected chi connectivity index (χ1v) is 12.1. The van der Waals surface area contributed by atoms with Crippen LogP contribution in [0.2, 0.25) is 0 Å². The van der Waals surface area contributed by atoms with Crippen molar-refractivity contribution in [1.82, 2.24) is 14.4 Å². The normalized spacial score (nSPS) is 15.1. The molecule has 0 radical (unpaired) electrons. The number of sulfonamides is 1. The minimum atomic E-state index is -3.81. The third-order valence-electron chi connectivity index (χ3n) is 5.55. The van der Waals surface area contributed by atoms with Crippen molar-refractivity contribution in [2.45, 2.75) is 56.5 Å². The monoisotopic (exact) mass is 454 g/mol. The first kappa shape index (κ1) is 22.2. The van der Waals surface area contributed by atoms with Gasteiger partial charge in [0.05, 0.1) is 11.4 Å². The fourth-order valence-electron chi connectivity index (χ4n) is 3.99. The maximum absolute atomic E-state index is 13.6. The van der Waals surface area contributed by atoms with Crippen LogP contribution in [0.1, 0.15) is 44.9 Å². The Morgan fingerprint density at radius 1 is 1.06 bits per heavy atom. The molecule has 0 bridgehead atoms. The molecule has 0 spiro atoms. The molecule has 0 aliphatic heterocycles. The van der Waals surface area contributed by atoms with Crippen LogP contribution in [0.3, 0.4) is 0 Å². The number of aromatic nitrogens is 2. The van der Waals surface area contributed by atoms with Gasteiger partial charge in [-0.1, -0.05) is 54.8 Å². The zero-order valence-corrected chi connectivity index (χ0v) is 18.7. The molecule has 1 fully saturated rings. The highest BCUT2D eigenvalue weighted by molar-refractivity contribution is 7.89. The summed E-state index contributed by atoms with van der Waals surface area (Å²) in [5, 5.41) is 6.68. The number of carbonyl (C=O) groups excluding carboxylic acids is 1. The lowest BCUT2D eigenvalue weighted by atomic mass is 9.95. The second kappa shape index (κ2) is 9.62. The number of amides is 1. The summed E-state index contributed by atoms with van der Waals surface area (Å²) < 4.78 is 34.1. The molecule has 1 amide bonds. The Labute approximate surface area is 187 Å². The van der Waals surface area contributed by atoms with Gasteiger partial charge in [-0.3, -0.25) is 4.79 Å². The van der Waals surface area contributed by atoms with Crippen molar-refractivity contribution in [3.63, 3.8) is 0 Å². The number of rotatable bonds is 7. The molecule has 1 aromatic heterocycles. The molecule has 3 aromatic rings. The zero-order valence-electron chi connectivity index (χ0n) is 17.9. The fourth-order valence-corrected chi connectivity index (χ4v) is 5.62. The lowest BCUT2D eigenvalue weighted by molar-refractivity contribution is -0.114. The molecule has 8 nitrogen and oxygen atoms in total. The van der Waals surface area contributed by atoms with Crippen molar-refractivity contribution in [2.24, 2.45) is 0 Å². The minimum Gasteiger partial charge on any atom is -0.338 e. The van der Waals surface area contributed by atoms with Crippen LogP contribution in [0.4, 0.5) is 5.69 Å². The highest BCUT2D eigenvalue weighted by Crippen LogP contribution is 2.30. The van der Waals surface area contributed by atoms with E-state index >= 15 is 0 Å². The number of hydrogen-bond donors (Lipinski definition) is 1. The molecule has 4 rings (SSSR count). The molecule has 1 heterocycles. The van der Waals surface area contributed by atoms with Gasteiger partial charge in [0, 0.05) is 24.2 Å². The molecular weight excluding hydrogens is 428 g/mol. The molecule has 2 aromatic carbocycles. The summed E-state index contributed by atoms with van der Waals surface area (Å²) in [4.78, 5) is 15.9. The molecule has 1 aliphatic carbocycles. The second-order valence-corrected chi connectivity index (χ2v) is 9.82. The standard InChI is InChI=1S/C23H26N4O4S/c1-17(28)24-19-12-14-21(15-13-19)32(29,30)27(20-10-6-3-7-11-20)16-22-25-23(26-31-22)18-8-4-2-5-9-18/h2,4-5,8-9,12-15,20H,3,6-7,10-11,16H2,1H3,(H,24,28). The fraction of sp³-hybridized carbons (Fsp3) is 0.348. The Balaban J connectivity index is 1.62. The van der Waals surface area contributed by atoms with Crippen molar-refractivity contribution in [3.8, 4) is 11.4 Å². The first-order valence-electron chi connectivity index (χ1n) is 10.7. The second-order valence-electron chi connectivity index (χ2n) is 7.93. The molecule has 0 saturated heterocycles. The Bertz CT molecular complexity index is 1150. The van der Waals surface area contributed by atoms with Crippen LogP contribution in [0, 0.1) is 0 Å². The zero-order chi connectivity index (χ0) is 22.6. The number of benzene rings is 2. The maximum Gasteiger partial charge on any atom is 0.243 e. The Kier molecular flexibility index (Phi) is 6.66. The summed E-state index contributed by atoms with van der Waals surface area (Å²) >= 11 is 0. The summed E-state index contributed by atoms with van der Waals surface area (Å²) in [6.07, 6.45) is 4.66. The topological polar surface area (TPSA) is 105 Å². The molecule has 32 heavy (non-hydrogen) atoms. The SMILES string of the molecule is CC(=O)Nc1ccc(S(=O)(=O)N(Cc2nc(-c3ccccc3)no2)C2CCCCC2)cc1. The molecule has 0 atom stereocenters. The van der Waals surface area contributed by atoms with Gasteiger partial charge < -0.3 is 9.84 Å². The predicted octanol–water partition coefficient (Wildman–Crippen LogP) is 4.22. The number of hydrogen-bond acceptors (Lipinski definition) is 6. The minimum absolute atomic E-state index is 0.0142. The smallest absolute Gasteiger partial charge is 0.243 e. The van der Waals surface area contributed by atoms with Gasteiger partial charge in [0.25, 0.3) is 0 Å². The van der Waals surface area contributed by atoms with Crippen LogP contribution in [0.5, 0.6) is 0 Å². The van der Waals surface area contributed by atoms with E-state index in [1.807, 2.05) is 30.3 Å². The van der Waals surface area contributed by atoms with Crippen molar-refractivity contribution in [3.05, 3.63) is 60.5 Å². The number of nitrogens with zero attached hydrogens (tertiary/aromatic N) is 3. The van der Waals surface area contributed by atoms with Gasteiger partial charge in [0.15, 0.2) is 0 Å². The van der Waals surface area contributed by atoms with Gasteiger partial charge in [0.1, 0.15) is 0 Å². The van der Waals surface area contributed by atoms with E-state index in [4.69, 9.17) is 4.52 Å². The van der Waals surface area contributed by atoms with E-state index in [9.17, 15) is 13.2 Å². The van der Waals surface area contributed by atoms with E-state index in [1.165, 1.54) is 23.4 Å². The molecule has 1 saturated carbocycles. The van der Waals surface area contributed by atoms with Crippen LogP contribution < -0.4 is 5.32 Å². The summed E-state index contributed by atoms with van der Waals surface area (Å²) in [7, 11) is -3.81. The van der Waals surface area contributed by atoms with Gasteiger partial charge in [0.2, 0.25) is 27.6 Å². The highest BCUT2D eigenvalue weighted by atomic mass is 32.2.